The van der Waals surface area contributed by atoms with Crippen LogP contribution in [0.2, 0.25) is 6.82 Å². The molecule has 0 fully saturated rings. The van der Waals surface area contributed by atoms with E-state index in [1.165, 1.54) is 0 Å². The summed E-state index contributed by atoms with van der Waals surface area (Å²) < 4.78 is 0. The van der Waals surface area contributed by atoms with Gasteiger partial charge in [-0.05, 0) is 17.8 Å². The number of benzene rings is 1. The molecule has 0 aliphatic carbocycles. The summed E-state index contributed by atoms with van der Waals surface area (Å²) in [6.07, 6.45) is 0.648. The zero-order valence-electron chi connectivity index (χ0n) is 9.36. The molecule has 0 bridgehead atoms. The van der Waals surface area contributed by atoms with E-state index >= 15 is 0 Å². The van der Waals surface area contributed by atoms with Gasteiger partial charge in [0.05, 0.1) is 4.92 Å². The Hall–Kier alpha value is -1.32. The number of hydrogen-bond donors (Lipinski definition) is 0. The molecule has 0 saturated heterocycles. The zero-order valence-corrected chi connectivity index (χ0v) is 9.36. The zero-order chi connectivity index (χ0) is 11.4. The lowest BCUT2D eigenvalue weighted by Gasteiger charge is -2.07. The Morgan fingerprint density at radius 3 is 2.60 bits per heavy atom. The van der Waals surface area contributed by atoms with Crippen LogP contribution in [0.25, 0.3) is 0 Å². The van der Waals surface area contributed by atoms with Crippen molar-refractivity contribution in [3.8, 4) is 0 Å². The van der Waals surface area contributed by atoms with E-state index in [1.807, 2.05) is 40.1 Å². The molecule has 0 aliphatic rings. The molecular weight excluding hydrogens is 189 g/mol. The highest BCUT2D eigenvalue weighted by atomic mass is 16.6. The highest BCUT2D eigenvalue weighted by molar-refractivity contribution is 6.33. The molecule has 0 aliphatic heterocycles. The SMILES string of the molecule is C[B]Cc1ccc(C(C)C)cc1[N+](=O)[O-]. The number of nitro groups is 1. The predicted molar refractivity (Wildman–Crippen MR) is 62.5 cm³/mol. The summed E-state index contributed by atoms with van der Waals surface area (Å²) in [7, 11) is 1.93. The van der Waals surface area contributed by atoms with Gasteiger partial charge in [-0.3, -0.25) is 10.1 Å². The molecule has 0 saturated carbocycles. The Bertz CT molecular complexity index is 364. The average molecular weight is 204 g/mol. The average Bonchev–Trinajstić information content (AvgIpc) is 2.18. The third kappa shape index (κ3) is 2.81. The lowest BCUT2D eigenvalue weighted by molar-refractivity contribution is -0.385. The van der Waals surface area contributed by atoms with E-state index in [0.717, 1.165) is 11.1 Å². The normalized spacial score (nSPS) is 10.4. The van der Waals surface area contributed by atoms with E-state index in [2.05, 4.69) is 0 Å². The van der Waals surface area contributed by atoms with Crippen LogP contribution in [0.15, 0.2) is 18.2 Å². The largest absolute Gasteiger partial charge is 0.272 e. The van der Waals surface area contributed by atoms with Crippen LogP contribution in [0.1, 0.15) is 30.9 Å². The molecule has 1 aromatic rings. The molecular formula is C11H15BNO2. The molecule has 0 aromatic heterocycles. The van der Waals surface area contributed by atoms with Crippen molar-refractivity contribution in [2.45, 2.75) is 32.9 Å². The van der Waals surface area contributed by atoms with Crippen LogP contribution in [-0.4, -0.2) is 12.2 Å². The van der Waals surface area contributed by atoms with Crippen LogP contribution in [0.4, 0.5) is 5.69 Å². The van der Waals surface area contributed by atoms with Crippen LogP contribution in [0, 0.1) is 10.1 Å². The highest BCUT2D eigenvalue weighted by Crippen LogP contribution is 2.24. The smallest absolute Gasteiger partial charge is 0.258 e. The summed E-state index contributed by atoms with van der Waals surface area (Å²) in [6.45, 7) is 5.97. The number of hydrogen-bond acceptors (Lipinski definition) is 2. The van der Waals surface area contributed by atoms with Gasteiger partial charge in [0.1, 0.15) is 7.28 Å². The van der Waals surface area contributed by atoms with E-state index in [-0.39, 0.29) is 10.6 Å². The molecule has 0 atom stereocenters. The number of rotatable bonds is 4. The maximum atomic E-state index is 10.9. The number of nitrogens with zero attached hydrogens (tertiary/aromatic N) is 1. The molecule has 0 unspecified atom stereocenters. The molecule has 4 heteroatoms. The first-order chi connectivity index (χ1) is 7.06. The molecule has 0 N–H and O–H groups in total. The molecule has 0 heterocycles. The maximum absolute atomic E-state index is 10.9. The molecule has 15 heavy (non-hydrogen) atoms. The van der Waals surface area contributed by atoms with Crippen LogP contribution in [-0.2, 0) is 6.32 Å². The van der Waals surface area contributed by atoms with Crippen molar-refractivity contribution in [1.82, 2.24) is 0 Å². The standard InChI is InChI=1S/C11H15BNO2/c1-8(2)9-4-5-10(7-12-3)11(6-9)13(14)15/h4-6,8H,7H2,1-3H3. The summed E-state index contributed by atoms with van der Waals surface area (Å²) in [5.41, 5.74) is 2.03. The van der Waals surface area contributed by atoms with Crippen molar-refractivity contribution in [2.24, 2.45) is 0 Å². The van der Waals surface area contributed by atoms with E-state index in [9.17, 15) is 10.1 Å². The lowest BCUT2D eigenvalue weighted by atomic mass is 9.74. The van der Waals surface area contributed by atoms with Crippen molar-refractivity contribution in [3.05, 3.63) is 39.4 Å². The van der Waals surface area contributed by atoms with Gasteiger partial charge in [0.2, 0.25) is 0 Å². The van der Waals surface area contributed by atoms with Gasteiger partial charge in [0.25, 0.3) is 5.69 Å². The van der Waals surface area contributed by atoms with Gasteiger partial charge in [0.15, 0.2) is 0 Å². The molecule has 0 spiro atoms. The topological polar surface area (TPSA) is 43.1 Å². The maximum Gasteiger partial charge on any atom is 0.272 e. The van der Waals surface area contributed by atoms with Gasteiger partial charge in [-0.25, -0.2) is 0 Å². The molecule has 0 amide bonds. The Labute approximate surface area is 90.9 Å². The van der Waals surface area contributed by atoms with Crippen molar-refractivity contribution in [1.29, 1.82) is 0 Å². The Morgan fingerprint density at radius 2 is 2.13 bits per heavy atom. The first-order valence-electron chi connectivity index (χ1n) is 5.11. The fraction of sp³-hybridized carbons (Fsp3) is 0.455. The Balaban J connectivity index is 3.14. The Morgan fingerprint density at radius 1 is 1.47 bits per heavy atom. The van der Waals surface area contributed by atoms with Gasteiger partial charge >= 0.3 is 0 Å². The van der Waals surface area contributed by atoms with Crippen LogP contribution < -0.4 is 0 Å². The first-order valence-corrected chi connectivity index (χ1v) is 5.11. The van der Waals surface area contributed by atoms with Crippen molar-refractivity contribution in [3.63, 3.8) is 0 Å². The highest BCUT2D eigenvalue weighted by Gasteiger charge is 2.14. The van der Waals surface area contributed by atoms with Crippen LogP contribution in [0.3, 0.4) is 0 Å². The van der Waals surface area contributed by atoms with Crippen molar-refractivity contribution < 1.29 is 4.92 Å². The van der Waals surface area contributed by atoms with Crippen molar-refractivity contribution >= 4 is 13.0 Å². The summed E-state index contributed by atoms with van der Waals surface area (Å²) in [4.78, 5) is 10.6. The van der Waals surface area contributed by atoms with Gasteiger partial charge in [-0.15, -0.1) is 0 Å². The second kappa shape index (κ2) is 4.96. The second-order valence-electron chi connectivity index (χ2n) is 3.91. The van der Waals surface area contributed by atoms with Gasteiger partial charge in [-0.1, -0.05) is 32.8 Å². The minimum atomic E-state index is -0.301. The van der Waals surface area contributed by atoms with Crippen LogP contribution in [0.5, 0.6) is 0 Å². The summed E-state index contributed by atoms with van der Waals surface area (Å²) in [5.74, 6) is 0.323. The van der Waals surface area contributed by atoms with E-state index in [0.29, 0.717) is 12.2 Å². The second-order valence-corrected chi connectivity index (χ2v) is 3.91. The van der Waals surface area contributed by atoms with Crippen LogP contribution >= 0.6 is 0 Å². The van der Waals surface area contributed by atoms with E-state index in [1.54, 1.807) is 6.07 Å². The number of nitro benzene ring substituents is 1. The van der Waals surface area contributed by atoms with Gasteiger partial charge < -0.3 is 0 Å². The van der Waals surface area contributed by atoms with Crippen molar-refractivity contribution in [2.75, 3.05) is 0 Å². The fourth-order valence-electron chi connectivity index (χ4n) is 1.50. The third-order valence-electron chi connectivity index (χ3n) is 2.40. The van der Waals surface area contributed by atoms with Gasteiger partial charge in [0, 0.05) is 11.6 Å². The molecule has 1 rings (SSSR count). The quantitative estimate of drug-likeness (QED) is 0.429. The first kappa shape index (κ1) is 11.8. The summed E-state index contributed by atoms with van der Waals surface area (Å²) in [5, 5.41) is 10.9. The lowest BCUT2D eigenvalue weighted by Crippen LogP contribution is -2.00. The summed E-state index contributed by atoms with van der Waals surface area (Å²) >= 11 is 0. The molecule has 3 nitrogen and oxygen atoms in total. The minimum Gasteiger partial charge on any atom is -0.258 e. The minimum absolute atomic E-state index is 0.235. The summed E-state index contributed by atoms with van der Waals surface area (Å²) in [6, 6.07) is 5.51. The van der Waals surface area contributed by atoms with E-state index in [4.69, 9.17) is 0 Å². The molecule has 1 radical (unpaired) electrons. The molecule has 1 aromatic carbocycles. The third-order valence-corrected chi connectivity index (χ3v) is 2.40. The fourth-order valence-corrected chi connectivity index (χ4v) is 1.50. The molecule has 79 valence electrons. The van der Waals surface area contributed by atoms with E-state index < -0.39 is 0 Å². The Kier molecular flexibility index (Phi) is 3.89. The van der Waals surface area contributed by atoms with Gasteiger partial charge in [-0.2, -0.15) is 0 Å². The predicted octanol–water partition coefficient (Wildman–Crippen LogP) is 2.97. The monoisotopic (exact) mass is 204 g/mol.